The number of nitrogens with zero attached hydrogens (tertiary/aromatic N) is 2. The van der Waals surface area contributed by atoms with E-state index in [1.54, 1.807) is 0 Å². The molecule has 0 bridgehead atoms. The smallest absolute Gasteiger partial charge is 0.207 e. The Hall–Kier alpha value is -2.37. The second-order valence-corrected chi connectivity index (χ2v) is 6.77. The first-order valence-electron chi connectivity index (χ1n) is 8.01. The van der Waals surface area contributed by atoms with Crippen molar-refractivity contribution in [2.24, 2.45) is 0 Å². The van der Waals surface area contributed by atoms with E-state index in [0.29, 0.717) is 10.8 Å². The summed E-state index contributed by atoms with van der Waals surface area (Å²) >= 11 is 7.22. The monoisotopic (exact) mass is 370 g/mol. The maximum Gasteiger partial charge on any atom is 0.207 e. The highest BCUT2D eigenvalue weighted by Crippen LogP contribution is 2.20. The SMILES string of the molecule is CC(=Cc1nsc(Nc2ccc(Cl)cc2)n1)NCCc1ccccc1. The molecule has 0 amide bonds. The first kappa shape index (κ1) is 17.5. The molecule has 0 saturated heterocycles. The van der Waals surface area contributed by atoms with Gasteiger partial charge in [-0.2, -0.15) is 9.36 Å². The van der Waals surface area contributed by atoms with Crippen molar-refractivity contribution in [2.45, 2.75) is 13.3 Å². The van der Waals surface area contributed by atoms with Crippen LogP contribution in [0.5, 0.6) is 0 Å². The fraction of sp³-hybridized carbons (Fsp3) is 0.158. The molecular weight excluding hydrogens is 352 g/mol. The highest BCUT2D eigenvalue weighted by atomic mass is 35.5. The summed E-state index contributed by atoms with van der Waals surface area (Å²) in [7, 11) is 0. The first-order valence-corrected chi connectivity index (χ1v) is 9.16. The van der Waals surface area contributed by atoms with Gasteiger partial charge in [-0.3, -0.25) is 0 Å². The number of allylic oxidation sites excluding steroid dienone is 1. The van der Waals surface area contributed by atoms with Gasteiger partial charge in [-0.25, -0.2) is 0 Å². The van der Waals surface area contributed by atoms with Crippen molar-refractivity contribution >= 4 is 40.0 Å². The normalized spacial score (nSPS) is 11.4. The van der Waals surface area contributed by atoms with Gasteiger partial charge in [-0.05, 0) is 43.2 Å². The molecule has 0 aliphatic carbocycles. The topological polar surface area (TPSA) is 49.8 Å². The van der Waals surface area contributed by atoms with Gasteiger partial charge in [0.05, 0.1) is 0 Å². The number of rotatable bonds is 7. The Morgan fingerprint density at radius 1 is 1.12 bits per heavy atom. The zero-order chi connectivity index (χ0) is 17.5. The zero-order valence-electron chi connectivity index (χ0n) is 13.9. The standard InChI is InChI=1S/C19H19ClN4S/c1-14(21-12-11-15-5-3-2-4-6-15)13-18-23-19(25-24-18)22-17-9-7-16(20)8-10-17/h2-10,13,21H,11-12H2,1H3,(H,22,23,24). The zero-order valence-corrected chi connectivity index (χ0v) is 15.4. The Labute approximate surface area is 156 Å². The Kier molecular flexibility index (Phi) is 6.04. The van der Waals surface area contributed by atoms with Crippen molar-refractivity contribution < 1.29 is 0 Å². The van der Waals surface area contributed by atoms with Crippen LogP contribution in [-0.4, -0.2) is 15.9 Å². The van der Waals surface area contributed by atoms with E-state index in [2.05, 4.69) is 44.3 Å². The summed E-state index contributed by atoms with van der Waals surface area (Å²) in [6, 6.07) is 17.9. The summed E-state index contributed by atoms with van der Waals surface area (Å²) in [6.45, 7) is 2.91. The summed E-state index contributed by atoms with van der Waals surface area (Å²) in [4.78, 5) is 4.48. The molecule has 0 spiro atoms. The Morgan fingerprint density at radius 3 is 2.64 bits per heavy atom. The first-order chi connectivity index (χ1) is 12.2. The minimum absolute atomic E-state index is 0.700. The van der Waals surface area contributed by atoms with Crippen LogP contribution < -0.4 is 10.6 Å². The number of anilines is 2. The molecular formula is C19H19ClN4S. The van der Waals surface area contributed by atoms with Crippen molar-refractivity contribution in [1.29, 1.82) is 0 Å². The quantitative estimate of drug-likeness (QED) is 0.605. The molecule has 6 heteroatoms. The summed E-state index contributed by atoms with van der Waals surface area (Å²) in [6.07, 6.45) is 2.94. The fourth-order valence-corrected chi connectivity index (χ4v) is 2.99. The maximum absolute atomic E-state index is 5.89. The molecule has 2 aromatic carbocycles. The molecule has 25 heavy (non-hydrogen) atoms. The van der Waals surface area contributed by atoms with Crippen LogP contribution in [0.25, 0.3) is 6.08 Å². The van der Waals surface area contributed by atoms with Crippen LogP contribution in [0.4, 0.5) is 10.8 Å². The number of hydrogen-bond donors (Lipinski definition) is 2. The van der Waals surface area contributed by atoms with Gasteiger partial charge in [-0.15, -0.1) is 0 Å². The molecule has 3 rings (SSSR count). The van der Waals surface area contributed by atoms with E-state index in [0.717, 1.165) is 29.5 Å². The van der Waals surface area contributed by atoms with Crippen LogP contribution in [0.15, 0.2) is 60.3 Å². The van der Waals surface area contributed by atoms with Crippen LogP contribution in [-0.2, 0) is 6.42 Å². The minimum Gasteiger partial charge on any atom is -0.388 e. The van der Waals surface area contributed by atoms with Crippen molar-refractivity contribution in [1.82, 2.24) is 14.7 Å². The third kappa shape index (κ3) is 5.59. The molecule has 0 saturated carbocycles. The number of benzene rings is 2. The lowest BCUT2D eigenvalue weighted by Crippen LogP contribution is -2.14. The Bertz CT molecular complexity index is 828. The lowest BCUT2D eigenvalue weighted by atomic mass is 10.1. The third-order valence-corrected chi connectivity index (χ3v) is 4.44. The average molecular weight is 371 g/mol. The lowest BCUT2D eigenvalue weighted by molar-refractivity contribution is 0.792. The number of aromatic nitrogens is 2. The molecule has 0 fully saturated rings. The Morgan fingerprint density at radius 2 is 1.88 bits per heavy atom. The average Bonchev–Trinajstić information content (AvgIpc) is 3.05. The van der Waals surface area contributed by atoms with Gasteiger partial charge in [0.2, 0.25) is 5.13 Å². The number of nitrogens with one attached hydrogen (secondary N) is 2. The second kappa shape index (κ2) is 8.65. The van der Waals surface area contributed by atoms with Crippen LogP contribution in [0.2, 0.25) is 5.02 Å². The molecule has 0 radical (unpaired) electrons. The van der Waals surface area contributed by atoms with Crippen LogP contribution >= 0.6 is 23.1 Å². The van der Waals surface area contributed by atoms with E-state index in [1.807, 2.05) is 43.3 Å². The molecule has 3 aromatic rings. The highest BCUT2D eigenvalue weighted by molar-refractivity contribution is 7.09. The predicted octanol–water partition coefficient (Wildman–Crippen LogP) is 5.13. The van der Waals surface area contributed by atoms with Crippen molar-refractivity contribution in [3.63, 3.8) is 0 Å². The van der Waals surface area contributed by atoms with Crippen LogP contribution in [0.3, 0.4) is 0 Å². The molecule has 1 aromatic heterocycles. The number of hydrogen-bond acceptors (Lipinski definition) is 5. The number of halogens is 1. The minimum atomic E-state index is 0.700. The molecule has 2 N–H and O–H groups in total. The summed E-state index contributed by atoms with van der Waals surface area (Å²) in [5.74, 6) is 0.700. The van der Waals surface area contributed by atoms with Crippen molar-refractivity contribution in [2.75, 3.05) is 11.9 Å². The van der Waals surface area contributed by atoms with E-state index in [4.69, 9.17) is 11.6 Å². The Balaban J connectivity index is 1.52. The van der Waals surface area contributed by atoms with Gasteiger partial charge in [0.1, 0.15) is 0 Å². The van der Waals surface area contributed by atoms with E-state index >= 15 is 0 Å². The largest absolute Gasteiger partial charge is 0.388 e. The predicted molar refractivity (Wildman–Crippen MR) is 106 cm³/mol. The van der Waals surface area contributed by atoms with Gasteiger partial charge in [0.15, 0.2) is 5.82 Å². The van der Waals surface area contributed by atoms with E-state index in [-0.39, 0.29) is 0 Å². The van der Waals surface area contributed by atoms with Crippen molar-refractivity contribution in [3.05, 3.63) is 76.7 Å². The second-order valence-electron chi connectivity index (χ2n) is 5.58. The maximum atomic E-state index is 5.89. The molecule has 4 nitrogen and oxygen atoms in total. The highest BCUT2D eigenvalue weighted by Gasteiger charge is 2.03. The molecule has 0 aliphatic heterocycles. The van der Waals surface area contributed by atoms with Gasteiger partial charge in [0.25, 0.3) is 0 Å². The van der Waals surface area contributed by atoms with Gasteiger partial charge in [-0.1, -0.05) is 41.9 Å². The van der Waals surface area contributed by atoms with Gasteiger partial charge in [0, 0.05) is 40.6 Å². The van der Waals surface area contributed by atoms with Crippen LogP contribution in [0.1, 0.15) is 18.3 Å². The third-order valence-electron chi connectivity index (χ3n) is 3.54. The molecule has 0 unspecified atom stereocenters. The van der Waals surface area contributed by atoms with Crippen molar-refractivity contribution in [3.8, 4) is 0 Å². The summed E-state index contributed by atoms with van der Waals surface area (Å²) in [5, 5.41) is 8.09. The lowest BCUT2D eigenvalue weighted by Gasteiger charge is -2.05. The molecule has 1 heterocycles. The molecule has 128 valence electrons. The van der Waals surface area contributed by atoms with Crippen LogP contribution in [0, 0.1) is 0 Å². The van der Waals surface area contributed by atoms with E-state index < -0.39 is 0 Å². The van der Waals surface area contributed by atoms with E-state index in [1.165, 1.54) is 17.1 Å². The summed E-state index contributed by atoms with van der Waals surface area (Å²) < 4.78 is 4.36. The van der Waals surface area contributed by atoms with Gasteiger partial charge >= 0.3 is 0 Å². The fourth-order valence-electron chi connectivity index (χ4n) is 2.29. The molecule has 0 atom stereocenters. The summed E-state index contributed by atoms with van der Waals surface area (Å²) in [5.41, 5.74) is 3.31. The van der Waals surface area contributed by atoms with Gasteiger partial charge < -0.3 is 10.6 Å². The molecule has 0 aliphatic rings. The van der Waals surface area contributed by atoms with E-state index in [9.17, 15) is 0 Å².